The SMILES string of the molecule is CNC(=O)[C@@]12CC[C@@](C)([C@@H]1Br)C2(C)C. The molecule has 1 N–H and O–H groups in total. The molecule has 3 aliphatic rings. The minimum absolute atomic E-state index is 0.119. The Morgan fingerprint density at radius 3 is 2.21 bits per heavy atom. The predicted octanol–water partition coefficient (Wildman–Crippen LogP) is 2.32. The van der Waals surface area contributed by atoms with Crippen molar-refractivity contribution in [3.8, 4) is 0 Å². The molecule has 2 nitrogen and oxygen atoms in total. The molecule has 0 aromatic heterocycles. The van der Waals surface area contributed by atoms with Crippen LogP contribution < -0.4 is 5.32 Å². The van der Waals surface area contributed by atoms with Crippen molar-refractivity contribution in [3.05, 3.63) is 0 Å². The molecule has 0 aromatic rings. The molecule has 2 bridgehead atoms. The quantitative estimate of drug-likeness (QED) is 0.720. The largest absolute Gasteiger partial charge is 0.359 e. The van der Waals surface area contributed by atoms with Gasteiger partial charge >= 0.3 is 0 Å². The van der Waals surface area contributed by atoms with E-state index in [9.17, 15) is 4.79 Å². The van der Waals surface area contributed by atoms with Gasteiger partial charge in [-0.3, -0.25) is 4.79 Å². The molecular formula is C11H18BrNO. The van der Waals surface area contributed by atoms with Crippen LogP contribution in [0.1, 0.15) is 33.6 Å². The molecule has 0 saturated heterocycles. The van der Waals surface area contributed by atoms with Crippen LogP contribution in [-0.2, 0) is 4.79 Å². The molecular weight excluding hydrogens is 242 g/mol. The van der Waals surface area contributed by atoms with Crippen molar-refractivity contribution in [2.45, 2.75) is 38.4 Å². The summed E-state index contributed by atoms with van der Waals surface area (Å²) < 4.78 is 0. The van der Waals surface area contributed by atoms with Crippen molar-refractivity contribution < 1.29 is 4.79 Å². The second-order valence-electron chi connectivity index (χ2n) is 5.46. The van der Waals surface area contributed by atoms with Gasteiger partial charge in [-0.05, 0) is 23.7 Å². The monoisotopic (exact) mass is 259 g/mol. The highest BCUT2D eigenvalue weighted by Gasteiger charge is 2.79. The van der Waals surface area contributed by atoms with E-state index in [1.807, 2.05) is 0 Å². The Kier molecular flexibility index (Phi) is 1.90. The number of fused-ring (bicyclic) bond motifs is 1. The van der Waals surface area contributed by atoms with E-state index < -0.39 is 0 Å². The summed E-state index contributed by atoms with van der Waals surface area (Å²) in [4.78, 5) is 12.3. The van der Waals surface area contributed by atoms with Crippen LogP contribution in [-0.4, -0.2) is 17.8 Å². The van der Waals surface area contributed by atoms with Crippen LogP contribution in [0.4, 0.5) is 0 Å². The molecule has 3 fully saturated rings. The highest BCUT2D eigenvalue weighted by molar-refractivity contribution is 9.09. The summed E-state index contributed by atoms with van der Waals surface area (Å²) in [7, 11) is 1.74. The Hall–Kier alpha value is -0.0500. The minimum Gasteiger partial charge on any atom is -0.359 e. The van der Waals surface area contributed by atoms with Crippen molar-refractivity contribution in [3.63, 3.8) is 0 Å². The fourth-order valence-electron chi connectivity index (χ4n) is 3.68. The van der Waals surface area contributed by atoms with Crippen molar-refractivity contribution in [2.75, 3.05) is 7.05 Å². The van der Waals surface area contributed by atoms with E-state index in [-0.39, 0.29) is 16.7 Å². The highest BCUT2D eigenvalue weighted by Crippen LogP contribution is 2.79. The fourth-order valence-corrected chi connectivity index (χ4v) is 5.49. The molecule has 3 rings (SSSR count). The first kappa shape index (κ1) is 10.5. The summed E-state index contributed by atoms with van der Waals surface area (Å²) in [5.74, 6) is 0.208. The summed E-state index contributed by atoms with van der Waals surface area (Å²) in [6, 6.07) is 0. The predicted molar refractivity (Wildman–Crippen MR) is 60.3 cm³/mol. The van der Waals surface area contributed by atoms with Gasteiger partial charge < -0.3 is 5.32 Å². The summed E-state index contributed by atoms with van der Waals surface area (Å²) >= 11 is 3.72. The topological polar surface area (TPSA) is 29.1 Å². The maximum atomic E-state index is 12.0. The fraction of sp³-hybridized carbons (Fsp3) is 0.909. The van der Waals surface area contributed by atoms with E-state index >= 15 is 0 Å². The van der Waals surface area contributed by atoms with Crippen LogP contribution in [0.15, 0.2) is 0 Å². The molecule has 3 atom stereocenters. The van der Waals surface area contributed by atoms with Crippen molar-refractivity contribution >= 4 is 21.8 Å². The lowest BCUT2D eigenvalue weighted by Gasteiger charge is -2.64. The van der Waals surface area contributed by atoms with Crippen LogP contribution in [0.3, 0.4) is 0 Å². The molecule has 14 heavy (non-hydrogen) atoms. The van der Waals surface area contributed by atoms with Crippen molar-refractivity contribution in [1.29, 1.82) is 0 Å². The molecule has 0 heterocycles. The number of rotatable bonds is 1. The first-order valence-electron chi connectivity index (χ1n) is 5.21. The maximum Gasteiger partial charge on any atom is 0.227 e. The molecule has 1 amide bonds. The second kappa shape index (κ2) is 2.55. The first-order chi connectivity index (χ1) is 6.34. The molecule has 3 heteroatoms. The summed E-state index contributed by atoms with van der Waals surface area (Å²) in [6.45, 7) is 6.75. The van der Waals surface area contributed by atoms with Gasteiger partial charge in [-0.2, -0.15) is 0 Å². The van der Waals surface area contributed by atoms with Gasteiger partial charge in [0.15, 0.2) is 0 Å². The average molecular weight is 260 g/mol. The summed E-state index contributed by atoms with van der Waals surface area (Å²) in [6.07, 6.45) is 2.18. The van der Waals surface area contributed by atoms with Gasteiger partial charge in [0.25, 0.3) is 0 Å². The smallest absolute Gasteiger partial charge is 0.227 e. The zero-order chi connectivity index (χ0) is 10.8. The van der Waals surface area contributed by atoms with Crippen molar-refractivity contribution in [1.82, 2.24) is 5.32 Å². The highest BCUT2D eigenvalue weighted by atomic mass is 79.9. The molecule has 3 aliphatic carbocycles. The lowest BCUT2D eigenvalue weighted by Crippen LogP contribution is -2.69. The number of nitrogens with one attached hydrogen (secondary N) is 1. The number of hydrogen-bond acceptors (Lipinski definition) is 1. The minimum atomic E-state index is -0.170. The third-order valence-corrected chi connectivity index (χ3v) is 7.00. The zero-order valence-corrected chi connectivity index (χ0v) is 10.9. The van der Waals surface area contributed by atoms with Gasteiger partial charge in [0, 0.05) is 11.9 Å². The number of alkyl halides is 1. The molecule has 3 saturated carbocycles. The molecule has 80 valence electrons. The molecule has 0 spiro atoms. The molecule has 0 unspecified atom stereocenters. The lowest BCUT2D eigenvalue weighted by molar-refractivity contribution is -0.161. The van der Waals surface area contributed by atoms with E-state index in [1.165, 1.54) is 0 Å². The van der Waals surface area contributed by atoms with Crippen LogP contribution >= 0.6 is 15.9 Å². The number of carbonyl (C=O) groups excluding carboxylic acids is 1. The average Bonchev–Trinajstić information content (AvgIpc) is 2.54. The third-order valence-electron chi connectivity index (χ3n) is 5.21. The number of halogens is 1. The van der Waals surface area contributed by atoms with Gasteiger partial charge in [-0.15, -0.1) is 0 Å². The van der Waals surface area contributed by atoms with Crippen molar-refractivity contribution in [2.24, 2.45) is 16.2 Å². The van der Waals surface area contributed by atoms with Crippen LogP contribution in [0.2, 0.25) is 0 Å². The van der Waals surface area contributed by atoms with E-state index in [4.69, 9.17) is 0 Å². The Morgan fingerprint density at radius 2 is 1.93 bits per heavy atom. The summed E-state index contributed by atoms with van der Waals surface area (Å²) in [5.41, 5.74) is 0.240. The van der Waals surface area contributed by atoms with E-state index in [2.05, 4.69) is 42.0 Å². The number of carbonyl (C=O) groups is 1. The number of hydrogen-bond donors (Lipinski definition) is 1. The molecule has 0 radical (unpaired) electrons. The van der Waals surface area contributed by atoms with Crippen LogP contribution in [0.5, 0.6) is 0 Å². The van der Waals surface area contributed by atoms with E-state index in [0.29, 0.717) is 10.2 Å². The zero-order valence-electron chi connectivity index (χ0n) is 9.28. The first-order valence-corrected chi connectivity index (χ1v) is 6.12. The maximum absolute atomic E-state index is 12.0. The van der Waals surface area contributed by atoms with E-state index in [0.717, 1.165) is 12.8 Å². The standard InChI is InChI=1S/C11H18BrNO/c1-9(2)10(3)5-6-11(9,7(10)12)8(14)13-4/h7H,5-6H2,1-4H3,(H,13,14)/t7-,10-,11+/m0/s1. The van der Waals surface area contributed by atoms with Gasteiger partial charge in [0.05, 0.1) is 5.41 Å². The van der Waals surface area contributed by atoms with Crippen LogP contribution in [0, 0.1) is 16.2 Å². The number of amides is 1. The molecule has 0 aromatic carbocycles. The Balaban J connectivity index is 2.44. The normalized spacial score (nSPS) is 48.5. The Morgan fingerprint density at radius 1 is 1.36 bits per heavy atom. The third kappa shape index (κ3) is 0.709. The summed E-state index contributed by atoms with van der Waals surface area (Å²) in [5, 5.41) is 2.82. The Labute approximate surface area is 94.0 Å². The van der Waals surface area contributed by atoms with E-state index in [1.54, 1.807) is 7.05 Å². The second-order valence-corrected chi connectivity index (χ2v) is 6.37. The van der Waals surface area contributed by atoms with Gasteiger partial charge in [0.2, 0.25) is 5.91 Å². The van der Waals surface area contributed by atoms with Crippen LogP contribution in [0.25, 0.3) is 0 Å². The van der Waals surface area contributed by atoms with Gasteiger partial charge in [0.1, 0.15) is 0 Å². The van der Waals surface area contributed by atoms with Gasteiger partial charge in [-0.25, -0.2) is 0 Å². The van der Waals surface area contributed by atoms with Gasteiger partial charge in [-0.1, -0.05) is 36.7 Å². The Bertz CT molecular complexity index is 302. The molecule has 0 aliphatic heterocycles. The lowest BCUT2D eigenvalue weighted by atomic mass is 9.43.